The number of ether oxygens (including phenoxy) is 3. The molecule has 27 heavy (non-hydrogen) atoms. The van der Waals surface area contributed by atoms with Crippen LogP contribution in [-0.4, -0.2) is 58.0 Å². The Morgan fingerprint density at radius 1 is 1.26 bits per heavy atom. The van der Waals surface area contributed by atoms with Gasteiger partial charge >= 0.3 is 6.61 Å². The summed E-state index contributed by atoms with van der Waals surface area (Å²) < 4.78 is 40.6. The molecular formula is C18H26F2N4O3. The average Bonchev–Trinajstić information content (AvgIpc) is 3.34. The van der Waals surface area contributed by atoms with E-state index in [1.54, 1.807) is 13.1 Å². The lowest BCUT2D eigenvalue weighted by molar-refractivity contribution is -0.0505. The van der Waals surface area contributed by atoms with E-state index < -0.39 is 6.61 Å². The lowest BCUT2D eigenvalue weighted by Crippen LogP contribution is -2.45. The third-order valence-corrected chi connectivity index (χ3v) is 4.75. The smallest absolute Gasteiger partial charge is 0.387 e. The minimum atomic E-state index is -2.92. The second-order valence-electron chi connectivity index (χ2n) is 6.87. The standard InChI is InChI=1S/C18H26F2N4O3/c1-21-18(23-9-13(24(2)3)11-4-5-11)22-8-12-6-15-16(26-10-25-15)7-14(12)27-17(19)20/h6-7,11,13,17H,4-5,8-10H2,1-3H3,(H2,21,22,23). The Balaban J connectivity index is 1.62. The van der Waals surface area contributed by atoms with Crippen LogP contribution in [0.4, 0.5) is 8.78 Å². The van der Waals surface area contributed by atoms with Crippen molar-refractivity contribution in [3.63, 3.8) is 0 Å². The number of hydrogen-bond acceptors (Lipinski definition) is 5. The van der Waals surface area contributed by atoms with Gasteiger partial charge in [0.05, 0.1) is 0 Å². The summed E-state index contributed by atoms with van der Waals surface area (Å²) in [5.74, 6) is 2.28. The Morgan fingerprint density at radius 3 is 2.56 bits per heavy atom. The van der Waals surface area contributed by atoms with Crippen molar-refractivity contribution in [3.8, 4) is 17.2 Å². The van der Waals surface area contributed by atoms with Gasteiger partial charge in [-0.05, 0) is 38.9 Å². The number of nitrogens with one attached hydrogen (secondary N) is 2. The first kappa shape index (κ1) is 19.5. The highest BCUT2D eigenvalue weighted by Crippen LogP contribution is 2.38. The largest absolute Gasteiger partial charge is 0.454 e. The zero-order chi connectivity index (χ0) is 19.4. The van der Waals surface area contributed by atoms with Gasteiger partial charge in [-0.2, -0.15) is 8.78 Å². The van der Waals surface area contributed by atoms with Crippen molar-refractivity contribution in [1.82, 2.24) is 15.5 Å². The summed E-state index contributed by atoms with van der Waals surface area (Å²) >= 11 is 0. The molecule has 1 atom stereocenters. The van der Waals surface area contributed by atoms with Gasteiger partial charge in [0, 0.05) is 37.8 Å². The Bertz CT molecular complexity index is 679. The molecule has 9 heteroatoms. The van der Waals surface area contributed by atoms with Crippen LogP contribution >= 0.6 is 0 Å². The lowest BCUT2D eigenvalue weighted by atomic mass is 10.1. The summed E-state index contributed by atoms with van der Waals surface area (Å²) in [4.78, 5) is 6.42. The number of nitrogens with zero attached hydrogens (tertiary/aromatic N) is 2. The average molecular weight is 384 g/mol. The van der Waals surface area contributed by atoms with Gasteiger partial charge in [0.2, 0.25) is 6.79 Å². The van der Waals surface area contributed by atoms with Crippen molar-refractivity contribution < 1.29 is 23.0 Å². The third-order valence-electron chi connectivity index (χ3n) is 4.75. The molecule has 1 aromatic carbocycles. The number of fused-ring (bicyclic) bond motifs is 1. The zero-order valence-electron chi connectivity index (χ0n) is 15.8. The molecule has 1 saturated carbocycles. The molecule has 0 saturated heterocycles. The predicted octanol–water partition coefficient (Wildman–Crippen LogP) is 2.02. The maximum atomic E-state index is 12.7. The van der Waals surface area contributed by atoms with Gasteiger partial charge in [-0.1, -0.05) is 0 Å². The van der Waals surface area contributed by atoms with Crippen LogP contribution < -0.4 is 24.8 Å². The van der Waals surface area contributed by atoms with Crippen molar-refractivity contribution in [2.24, 2.45) is 10.9 Å². The van der Waals surface area contributed by atoms with Crippen molar-refractivity contribution in [2.75, 3.05) is 34.5 Å². The molecule has 0 spiro atoms. The van der Waals surface area contributed by atoms with E-state index in [9.17, 15) is 8.78 Å². The first-order valence-corrected chi connectivity index (χ1v) is 8.96. The molecule has 1 aliphatic carbocycles. The fourth-order valence-electron chi connectivity index (χ4n) is 3.16. The Kier molecular flexibility index (Phi) is 6.20. The van der Waals surface area contributed by atoms with Gasteiger partial charge in [0.15, 0.2) is 17.5 Å². The Morgan fingerprint density at radius 2 is 1.96 bits per heavy atom. The molecule has 3 rings (SSSR count). The molecule has 7 nitrogen and oxygen atoms in total. The molecule has 1 heterocycles. The van der Waals surface area contributed by atoms with Crippen LogP contribution in [0.25, 0.3) is 0 Å². The molecule has 1 unspecified atom stereocenters. The number of hydrogen-bond donors (Lipinski definition) is 2. The van der Waals surface area contributed by atoms with E-state index in [-0.39, 0.29) is 19.1 Å². The van der Waals surface area contributed by atoms with E-state index in [1.807, 2.05) is 0 Å². The molecule has 0 radical (unpaired) electrons. The van der Waals surface area contributed by atoms with E-state index in [2.05, 4.69) is 39.4 Å². The number of benzene rings is 1. The van der Waals surface area contributed by atoms with Gasteiger partial charge in [-0.15, -0.1) is 0 Å². The van der Waals surface area contributed by atoms with Crippen LogP contribution in [0.1, 0.15) is 18.4 Å². The van der Waals surface area contributed by atoms with Gasteiger partial charge in [-0.25, -0.2) is 0 Å². The van der Waals surface area contributed by atoms with Crippen LogP contribution in [0.3, 0.4) is 0 Å². The van der Waals surface area contributed by atoms with Crippen LogP contribution in [0.15, 0.2) is 17.1 Å². The molecule has 2 N–H and O–H groups in total. The van der Waals surface area contributed by atoms with Crippen molar-refractivity contribution >= 4 is 5.96 Å². The molecule has 0 aromatic heterocycles. The normalized spacial score (nSPS) is 17.4. The Labute approximate surface area is 157 Å². The second kappa shape index (κ2) is 8.60. The number of guanidine groups is 1. The van der Waals surface area contributed by atoms with E-state index >= 15 is 0 Å². The van der Waals surface area contributed by atoms with Crippen LogP contribution in [0, 0.1) is 5.92 Å². The molecule has 150 valence electrons. The number of rotatable bonds is 8. The summed E-state index contributed by atoms with van der Waals surface area (Å²) in [6.45, 7) is -1.83. The number of aliphatic imine (C=N–C) groups is 1. The summed E-state index contributed by atoms with van der Waals surface area (Å²) in [5.41, 5.74) is 0.536. The lowest BCUT2D eigenvalue weighted by Gasteiger charge is -2.25. The van der Waals surface area contributed by atoms with E-state index in [4.69, 9.17) is 9.47 Å². The predicted molar refractivity (Wildman–Crippen MR) is 97.6 cm³/mol. The van der Waals surface area contributed by atoms with Crippen molar-refractivity contribution in [1.29, 1.82) is 0 Å². The molecular weight excluding hydrogens is 358 g/mol. The van der Waals surface area contributed by atoms with Gasteiger partial charge in [-0.3, -0.25) is 4.99 Å². The SMILES string of the molecule is CN=C(NCc1cc2c(cc1OC(F)F)OCO2)NCC(C1CC1)N(C)C. The zero-order valence-corrected chi connectivity index (χ0v) is 15.8. The second-order valence-corrected chi connectivity index (χ2v) is 6.87. The van der Waals surface area contributed by atoms with Crippen LogP contribution in [-0.2, 0) is 6.54 Å². The maximum Gasteiger partial charge on any atom is 0.387 e. The Hall–Kier alpha value is -2.29. The van der Waals surface area contributed by atoms with Crippen molar-refractivity contribution in [2.45, 2.75) is 32.0 Å². The monoisotopic (exact) mass is 384 g/mol. The molecule has 0 amide bonds. The highest BCUT2D eigenvalue weighted by Gasteiger charge is 2.32. The minimum Gasteiger partial charge on any atom is -0.454 e. The van der Waals surface area contributed by atoms with E-state index in [1.165, 1.54) is 18.9 Å². The van der Waals surface area contributed by atoms with Crippen molar-refractivity contribution in [3.05, 3.63) is 17.7 Å². The van der Waals surface area contributed by atoms with Gasteiger partial charge in [0.25, 0.3) is 0 Å². The number of halogens is 2. The van der Waals surface area contributed by atoms with Gasteiger partial charge in [0.1, 0.15) is 5.75 Å². The first-order chi connectivity index (χ1) is 13.0. The van der Waals surface area contributed by atoms with Crippen LogP contribution in [0.2, 0.25) is 0 Å². The van der Waals surface area contributed by atoms with E-state index in [0.717, 1.165) is 6.54 Å². The molecule has 1 aromatic rings. The fourth-order valence-corrected chi connectivity index (χ4v) is 3.16. The highest BCUT2D eigenvalue weighted by molar-refractivity contribution is 5.79. The molecule has 1 aliphatic heterocycles. The van der Waals surface area contributed by atoms with Crippen LogP contribution in [0.5, 0.6) is 17.2 Å². The third kappa shape index (κ3) is 5.12. The summed E-state index contributed by atoms with van der Waals surface area (Å²) in [5, 5.41) is 6.45. The number of alkyl halides is 2. The highest BCUT2D eigenvalue weighted by atomic mass is 19.3. The topological polar surface area (TPSA) is 67.4 Å². The van der Waals surface area contributed by atoms with Gasteiger partial charge < -0.3 is 29.7 Å². The fraction of sp³-hybridized carbons (Fsp3) is 0.611. The quantitative estimate of drug-likeness (QED) is 0.528. The molecule has 2 aliphatic rings. The summed E-state index contributed by atoms with van der Waals surface area (Å²) in [6, 6.07) is 3.51. The molecule has 1 fully saturated rings. The maximum absolute atomic E-state index is 12.7. The molecule has 0 bridgehead atoms. The van der Waals surface area contributed by atoms with E-state index in [0.29, 0.717) is 35.0 Å². The summed E-state index contributed by atoms with van der Waals surface area (Å²) in [7, 11) is 5.82. The first-order valence-electron chi connectivity index (χ1n) is 8.96. The summed E-state index contributed by atoms with van der Waals surface area (Å²) in [6.07, 6.45) is 2.50. The number of likely N-dealkylation sites (N-methyl/N-ethyl adjacent to an activating group) is 1. The minimum absolute atomic E-state index is 0.0568.